The van der Waals surface area contributed by atoms with Crippen LogP contribution in [0.1, 0.15) is 26.8 Å². The first kappa shape index (κ1) is 19.3. The average molecular weight is 444 g/mol. The fraction of sp³-hybridized carbons (Fsp3) is 0.167. The zero-order valence-corrected chi connectivity index (χ0v) is 14.4. The number of carbonyl (C=O) groups is 2. The first-order valence-electron chi connectivity index (χ1n) is 4.75. The Morgan fingerprint density at radius 1 is 1.10 bits per heavy atom. The SMILES string of the molecule is C.COC(=O)c1sccc1Br.O=C(O)c1sccc1Br. The fourth-order valence-electron chi connectivity index (χ4n) is 0.978. The molecule has 0 radical (unpaired) electrons. The Bertz CT molecular complexity index is 578. The van der Waals surface area contributed by atoms with Crippen molar-refractivity contribution in [3.05, 3.63) is 41.6 Å². The van der Waals surface area contributed by atoms with Crippen molar-refractivity contribution in [1.29, 1.82) is 0 Å². The molecule has 1 N–H and O–H groups in total. The van der Waals surface area contributed by atoms with E-state index in [1.165, 1.54) is 29.8 Å². The molecule has 2 aromatic rings. The third-order valence-electron chi connectivity index (χ3n) is 1.80. The molecule has 0 spiro atoms. The number of carbonyl (C=O) groups excluding carboxylic acids is 1. The molecule has 0 bridgehead atoms. The van der Waals surface area contributed by atoms with Crippen molar-refractivity contribution in [3.63, 3.8) is 0 Å². The van der Waals surface area contributed by atoms with Crippen molar-refractivity contribution in [1.82, 2.24) is 0 Å². The standard InChI is InChI=1S/C6H5BrO2S.C5H3BrO2S.CH4/c1-9-6(8)5-4(7)2-3-10-5;6-3-1-2-9-4(3)5(7)8;/h2-3H,1H3;1-2H,(H,7,8);1H4. The van der Waals surface area contributed by atoms with Gasteiger partial charge in [-0.2, -0.15) is 0 Å². The van der Waals surface area contributed by atoms with E-state index in [0.717, 1.165) is 4.47 Å². The maximum absolute atomic E-state index is 10.9. The molecule has 0 saturated carbocycles. The van der Waals surface area contributed by atoms with Gasteiger partial charge in [0.2, 0.25) is 0 Å². The van der Waals surface area contributed by atoms with Crippen molar-refractivity contribution >= 4 is 66.5 Å². The molecule has 0 fully saturated rings. The minimum atomic E-state index is -0.878. The second-order valence-corrected chi connectivity index (χ2v) is 6.53. The minimum absolute atomic E-state index is 0. The molecule has 2 aromatic heterocycles. The molecule has 0 saturated heterocycles. The van der Waals surface area contributed by atoms with Crippen molar-refractivity contribution < 1.29 is 19.4 Å². The van der Waals surface area contributed by atoms with Gasteiger partial charge in [0.1, 0.15) is 9.75 Å². The molecule has 20 heavy (non-hydrogen) atoms. The molecule has 0 unspecified atom stereocenters. The summed E-state index contributed by atoms with van der Waals surface area (Å²) in [4.78, 5) is 22.1. The van der Waals surface area contributed by atoms with E-state index in [1.54, 1.807) is 11.4 Å². The Balaban J connectivity index is 0.000000345. The third-order valence-corrected chi connectivity index (χ3v) is 5.44. The van der Waals surface area contributed by atoms with Crippen LogP contribution in [-0.4, -0.2) is 24.2 Å². The number of hydrogen-bond donors (Lipinski definition) is 1. The van der Waals surface area contributed by atoms with Gasteiger partial charge in [0, 0.05) is 8.95 Å². The van der Waals surface area contributed by atoms with Gasteiger partial charge in [-0.1, -0.05) is 7.43 Å². The number of carboxylic acids is 1. The number of halogens is 2. The van der Waals surface area contributed by atoms with Gasteiger partial charge in [-0.15, -0.1) is 22.7 Å². The van der Waals surface area contributed by atoms with E-state index in [9.17, 15) is 9.59 Å². The molecule has 2 heterocycles. The molecule has 8 heteroatoms. The highest BCUT2D eigenvalue weighted by Crippen LogP contribution is 2.23. The summed E-state index contributed by atoms with van der Waals surface area (Å²) in [5, 5.41) is 12.0. The summed E-state index contributed by atoms with van der Waals surface area (Å²) in [6, 6.07) is 3.53. The lowest BCUT2D eigenvalue weighted by Gasteiger charge is -1.93. The van der Waals surface area contributed by atoms with Gasteiger partial charge in [-0.25, -0.2) is 9.59 Å². The summed E-state index contributed by atoms with van der Waals surface area (Å²) in [6.07, 6.45) is 0. The zero-order valence-electron chi connectivity index (χ0n) is 9.55. The van der Waals surface area contributed by atoms with E-state index in [-0.39, 0.29) is 13.4 Å². The zero-order chi connectivity index (χ0) is 14.4. The molecule has 0 aliphatic rings. The van der Waals surface area contributed by atoms with E-state index in [0.29, 0.717) is 14.2 Å². The predicted molar refractivity (Wildman–Crippen MR) is 89.1 cm³/mol. The second kappa shape index (κ2) is 9.28. The first-order valence-corrected chi connectivity index (χ1v) is 8.09. The van der Waals surface area contributed by atoms with E-state index in [4.69, 9.17) is 5.11 Å². The van der Waals surface area contributed by atoms with E-state index in [1.807, 2.05) is 11.4 Å². The van der Waals surface area contributed by atoms with Crippen molar-refractivity contribution in [3.8, 4) is 0 Å². The van der Waals surface area contributed by atoms with Crippen LogP contribution in [-0.2, 0) is 4.74 Å². The number of aromatic carboxylic acids is 1. The van der Waals surface area contributed by atoms with Crippen LogP contribution >= 0.6 is 54.5 Å². The van der Waals surface area contributed by atoms with Gasteiger partial charge in [-0.3, -0.25) is 0 Å². The largest absolute Gasteiger partial charge is 0.477 e. The van der Waals surface area contributed by atoms with Crippen LogP contribution in [0.2, 0.25) is 0 Å². The Kier molecular flexibility index (Phi) is 8.95. The summed E-state index contributed by atoms with van der Waals surface area (Å²) in [5.74, 6) is -1.17. The summed E-state index contributed by atoms with van der Waals surface area (Å²) in [5.41, 5.74) is 0. The van der Waals surface area contributed by atoms with Gasteiger partial charge in [0.15, 0.2) is 0 Å². The van der Waals surface area contributed by atoms with Gasteiger partial charge < -0.3 is 9.84 Å². The number of carboxylic acid groups (broad SMARTS) is 1. The van der Waals surface area contributed by atoms with Crippen LogP contribution < -0.4 is 0 Å². The number of methoxy groups -OCH3 is 1. The lowest BCUT2D eigenvalue weighted by molar-refractivity contribution is 0.0604. The summed E-state index contributed by atoms with van der Waals surface area (Å²) >= 11 is 8.89. The maximum atomic E-state index is 10.9. The number of rotatable bonds is 2. The Hall–Kier alpha value is -0.700. The molecule has 0 amide bonds. The van der Waals surface area contributed by atoms with Crippen LogP contribution in [0.25, 0.3) is 0 Å². The van der Waals surface area contributed by atoms with Gasteiger partial charge in [0.05, 0.1) is 7.11 Å². The highest BCUT2D eigenvalue weighted by Gasteiger charge is 2.10. The van der Waals surface area contributed by atoms with Crippen LogP contribution in [0.3, 0.4) is 0 Å². The van der Waals surface area contributed by atoms with Gasteiger partial charge in [-0.05, 0) is 54.8 Å². The molecule has 0 atom stereocenters. The number of thiophene rings is 2. The molecule has 110 valence electrons. The third kappa shape index (κ3) is 5.35. The lowest BCUT2D eigenvalue weighted by Crippen LogP contribution is -1.97. The topological polar surface area (TPSA) is 63.6 Å². The Labute approximate surface area is 141 Å². The molecule has 0 aliphatic heterocycles. The molecule has 0 aliphatic carbocycles. The molecule has 2 rings (SSSR count). The second-order valence-electron chi connectivity index (χ2n) is 2.99. The van der Waals surface area contributed by atoms with Crippen LogP contribution in [0.5, 0.6) is 0 Å². The first-order chi connectivity index (χ1) is 8.97. The Morgan fingerprint density at radius 3 is 1.80 bits per heavy atom. The van der Waals surface area contributed by atoms with E-state index < -0.39 is 5.97 Å². The number of hydrogen-bond acceptors (Lipinski definition) is 5. The molecular weight excluding hydrogens is 432 g/mol. The monoisotopic (exact) mass is 442 g/mol. The molecular formula is C12H12Br2O4S2. The normalized spacial score (nSPS) is 8.95. The van der Waals surface area contributed by atoms with Crippen LogP contribution in [0.4, 0.5) is 0 Å². The van der Waals surface area contributed by atoms with Crippen molar-refractivity contribution in [2.75, 3.05) is 7.11 Å². The highest BCUT2D eigenvalue weighted by molar-refractivity contribution is 9.11. The lowest BCUT2D eigenvalue weighted by atomic mass is 10.5. The fourth-order valence-corrected chi connectivity index (χ4v) is 3.81. The Morgan fingerprint density at radius 2 is 1.55 bits per heavy atom. The summed E-state index contributed by atoms with van der Waals surface area (Å²) < 4.78 is 5.97. The summed E-state index contributed by atoms with van der Waals surface area (Å²) in [6.45, 7) is 0. The van der Waals surface area contributed by atoms with E-state index >= 15 is 0 Å². The highest BCUT2D eigenvalue weighted by atomic mass is 79.9. The van der Waals surface area contributed by atoms with Crippen molar-refractivity contribution in [2.24, 2.45) is 0 Å². The smallest absolute Gasteiger partial charge is 0.349 e. The average Bonchev–Trinajstić information content (AvgIpc) is 2.97. The predicted octanol–water partition coefficient (Wildman–Crippen LogP) is 5.14. The van der Waals surface area contributed by atoms with Gasteiger partial charge >= 0.3 is 11.9 Å². The summed E-state index contributed by atoms with van der Waals surface area (Å²) in [7, 11) is 1.37. The number of esters is 1. The molecule has 4 nitrogen and oxygen atoms in total. The molecule has 0 aromatic carbocycles. The van der Waals surface area contributed by atoms with Crippen LogP contribution in [0.15, 0.2) is 31.8 Å². The van der Waals surface area contributed by atoms with Crippen LogP contribution in [0, 0.1) is 0 Å². The maximum Gasteiger partial charge on any atom is 0.349 e. The van der Waals surface area contributed by atoms with Crippen molar-refractivity contribution in [2.45, 2.75) is 7.43 Å². The van der Waals surface area contributed by atoms with E-state index in [2.05, 4.69) is 36.6 Å². The van der Waals surface area contributed by atoms with Gasteiger partial charge in [0.25, 0.3) is 0 Å². The quantitative estimate of drug-likeness (QED) is 0.652. The minimum Gasteiger partial charge on any atom is -0.477 e. The number of ether oxygens (including phenoxy) is 1.